The first-order valence-corrected chi connectivity index (χ1v) is 13.4. The maximum atomic E-state index is 13.7. The van der Waals surface area contributed by atoms with E-state index in [1.54, 1.807) is 36.4 Å². The van der Waals surface area contributed by atoms with Crippen LogP contribution in [-0.4, -0.2) is 33.6 Å². The van der Waals surface area contributed by atoms with Crippen LogP contribution in [0.1, 0.15) is 44.1 Å². The fraction of sp³-hybridized carbons (Fsp3) is 0.290. The quantitative estimate of drug-likeness (QED) is 0.294. The number of aromatic nitrogens is 1. The van der Waals surface area contributed by atoms with E-state index in [-0.39, 0.29) is 36.5 Å². The molecule has 3 amide bonds. The molecule has 4 aromatic rings. The van der Waals surface area contributed by atoms with Gasteiger partial charge in [-0.05, 0) is 66.9 Å². The molecule has 1 aliphatic heterocycles. The Morgan fingerprint density at radius 3 is 2.38 bits per heavy atom. The van der Waals surface area contributed by atoms with Gasteiger partial charge in [-0.25, -0.2) is 14.3 Å². The number of anilines is 1. The SMILES string of the molecule is O=C1CC(N(Cc2ccc(F)cc2)C(=O)C2CCCCC2)C(=O)N1c1ccc(-c2nc3ccccc3o2)cc1. The molecule has 0 bridgehead atoms. The zero-order valence-corrected chi connectivity index (χ0v) is 21.4. The van der Waals surface area contributed by atoms with E-state index in [4.69, 9.17) is 4.42 Å². The number of carbonyl (C=O) groups excluding carboxylic acids is 3. The van der Waals surface area contributed by atoms with Gasteiger partial charge in [0.1, 0.15) is 17.4 Å². The zero-order valence-electron chi connectivity index (χ0n) is 21.4. The Kier molecular flexibility index (Phi) is 6.69. The first-order valence-electron chi connectivity index (χ1n) is 13.4. The highest BCUT2D eigenvalue weighted by Crippen LogP contribution is 2.33. The molecule has 0 N–H and O–H groups in total. The van der Waals surface area contributed by atoms with E-state index >= 15 is 0 Å². The summed E-state index contributed by atoms with van der Waals surface area (Å²) in [5.41, 5.74) is 3.28. The molecule has 1 aliphatic carbocycles. The van der Waals surface area contributed by atoms with Gasteiger partial charge in [0.05, 0.1) is 12.1 Å². The molecule has 198 valence electrons. The summed E-state index contributed by atoms with van der Waals surface area (Å²) in [5, 5.41) is 0. The van der Waals surface area contributed by atoms with E-state index < -0.39 is 11.9 Å². The summed E-state index contributed by atoms with van der Waals surface area (Å²) in [4.78, 5) is 47.7. The summed E-state index contributed by atoms with van der Waals surface area (Å²) in [6.07, 6.45) is 4.48. The fourth-order valence-corrected chi connectivity index (χ4v) is 5.59. The van der Waals surface area contributed by atoms with Crippen LogP contribution in [0, 0.1) is 11.7 Å². The number of carbonyl (C=O) groups is 3. The van der Waals surface area contributed by atoms with Crippen molar-refractivity contribution < 1.29 is 23.2 Å². The highest BCUT2D eigenvalue weighted by molar-refractivity contribution is 6.23. The van der Waals surface area contributed by atoms with Crippen molar-refractivity contribution in [2.75, 3.05) is 4.90 Å². The van der Waals surface area contributed by atoms with Crippen LogP contribution in [0.4, 0.5) is 10.1 Å². The van der Waals surface area contributed by atoms with E-state index in [0.717, 1.165) is 48.1 Å². The topological polar surface area (TPSA) is 83.7 Å². The van der Waals surface area contributed by atoms with Crippen LogP contribution in [0.2, 0.25) is 0 Å². The molecule has 7 nitrogen and oxygen atoms in total. The van der Waals surface area contributed by atoms with Gasteiger partial charge in [0.15, 0.2) is 5.58 Å². The molecule has 8 heteroatoms. The Morgan fingerprint density at radius 1 is 0.949 bits per heavy atom. The van der Waals surface area contributed by atoms with Crippen LogP contribution >= 0.6 is 0 Å². The van der Waals surface area contributed by atoms with Gasteiger partial charge in [-0.1, -0.05) is 43.5 Å². The van der Waals surface area contributed by atoms with Gasteiger partial charge in [-0.15, -0.1) is 0 Å². The third kappa shape index (κ3) is 4.94. The highest BCUT2D eigenvalue weighted by Gasteiger charge is 2.45. The lowest BCUT2D eigenvalue weighted by Crippen LogP contribution is -2.47. The second kappa shape index (κ2) is 10.4. The molecule has 0 radical (unpaired) electrons. The summed E-state index contributed by atoms with van der Waals surface area (Å²) in [6, 6.07) is 19.4. The van der Waals surface area contributed by atoms with Crippen LogP contribution in [-0.2, 0) is 20.9 Å². The van der Waals surface area contributed by atoms with Crippen molar-refractivity contribution in [1.29, 1.82) is 0 Å². The molecule has 3 aromatic carbocycles. The summed E-state index contributed by atoms with van der Waals surface area (Å²) < 4.78 is 19.4. The second-order valence-electron chi connectivity index (χ2n) is 10.2. The smallest absolute Gasteiger partial charge is 0.257 e. The lowest BCUT2D eigenvalue weighted by molar-refractivity contribution is -0.143. The third-order valence-electron chi connectivity index (χ3n) is 7.67. The number of para-hydroxylation sites is 2. The number of halogens is 1. The van der Waals surface area contributed by atoms with E-state index in [0.29, 0.717) is 22.7 Å². The Bertz CT molecular complexity index is 1490. The molecule has 1 aromatic heterocycles. The van der Waals surface area contributed by atoms with Gasteiger partial charge < -0.3 is 9.32 Å². The number of hydrogen-bond donors (Lipinski definition) is 0. The maximum absolute atomic E-state index is 13.7. The standard InChI is InChI=1S/C31H28FN3O4/c32-23-14-10-20(11-15-23)19-34(30(37)22-6-2-1-3-7-22)26-18-28(36)35(31(26)38)24-16-12-21(13-17-24)29-33-25-8-4-5-9-27(25)39-29/h4-5,8-17,22,26H,1-3,6-7,18-19H2. The molecule has 2 heterocycles. The Labute approximate surface area is 225 Å². The Balaban J connectivity index is 1.26. The van der Waals surface area contributed by atoms with Gasteiger partial charge in [0, 0.05) is 18.0 Å². The average Bonchev–Trinajstić information content (AvgIpc) is 3.53. The first kappa shape index (κ1) is 25.0. The summed E-state index contributed by atoms with van der Waals surface area (Å²) in [5.74, 6) is -1.00. The lowest BCUT2D eigenvalue weighted by atomic mass is 9.87. The van der Waals surface area contributed by atoms with Crippen molar-refractivity contribution in [2.45, 2.75) is 51.1 Å². The number of hydrogen-bond acceptors (Lipinski definition) is 5. The molecule has 6 rings (SSSR count). The van der Waals surface area contributed by atoms with Crippen molar-refractivity contribution >= 4 is 34.5 Å². The molecular formula is C31H28FN3O4. The van der Waals surface area contributed by atoms with Gasteiger partial charge in [0.2, 0.25) is 17.7 Å². The lowest BCUT2D eigenvalue weighted by Gasteiger charge is -2.32. The molecule has 2 fully saturated rings. The first-order chi connectivity index (χ1) is 19.0. The Morgan fingerprint density at radius 2 is 1.67 bits per heavy atom. The van der Waals surface area contributed by atoms with Crippen LogP contribution in [0.25, 0.3) is 22.6 Å². The van der Waals surface area contributed by atoms with Gasteiger partial charge >= 0.3 is 0 Å². The molecule has 0 spiro atoms. The maximum Gasteiger partial charge on any atom is 0.257 e. The number of amides is 3. The zero-order chi connectivity index (χ0) is 26.9. The van der Waals surface area contributed by atoms with Crippen LogP contribution in [0.3, 0.4) is 0 Å². The van der Waals surface area contributed by atoms with Crippen molar-refractivity contribution in [1.82, 2.24) is 9.88 Å². The van der Waals surface area contributed by atoms with Gasteiger partial charge in [-0.3, -0.25) is 14.4 Å². The number of rotatable bonds is 6. The monoisotopic (exact) mass is 525 g/mol. The van der Waals surface area contributed by atoms with Gasteiger partial charge in [0.25, 0.3) is 5.91 Å². The highest BCUT2D eigenvalue weighted by atomic mass is 19.1. The van der Waals surface area contributed by atoms with Crippen LogP contribution in [0.5, 0.6) is 0 Å². The number of nitrogens with zero attached hydrogens (tertiary/aromatic N) is 3. The van der Waals surface area contributed by atoms with Crippen molar-refractivity contribution in [3.05, 3.63) is 84.2 Å². The van der Waals surface area contributed by atoms with E-state index in [1.165, 1.54) is 17.0 Å². The largest absolute Gasteiger partial charge is 0.436 e. The number of benzene rings is 3. The minimum atomic E-state index is -0.909. The summed E-state index contributed by atoms with van der Waals surface area (Å²) in [7, 11) is 0. The molecular weight excluding hydrogens is 497 g/mol. The van der Waals surface area contributed by atoms with E-state index in [9.17, 15) is 18.8 Å². The molecule has 39 heavy (non-hydrogen) atoms. The van der Waals surface area contributed by atoms with Crippen molar-refractivity contribution in [3.63, 3.8) is 0 Å². The van der Waals surface area contributed by atoms with Crippen LogP contribution < -0.4 is 4.90 Å². The molecule has 1 saturated heterocycles. The normalized spacial score (nSPS) is 18.2. The molecule has 1 saturated carbocycles. The summed E-state index contributed by atoms with van der Waals surface area (Å²) >= 11 is 0. The number of imide groups is 1. The summed E-state index contributed by atoms with van der Waals surface area (Å²) in [6.45, 7) is 0.143. The predicted molar refractivity (Wildman–Crippen MR) is 144 cm³/mol. The number of oxazole rings is 1. The van der Waals surface area contributed by atoms with Crippen molar-refractivity contribution in [3.8, 4) is 11.5 Å². The number of fused-ring (bicyclic) bond motifs is 1. The van der Waals surface area contributed by atoms with Crippen LogP contribution in [0.15, 0.2) is 77.2 Å². The Hall–Kier alpha value is -4.33. The predicted octanol–water partition coefficient (Wildman–Crippen LogP) is 5.87. The van der Waals surface area contributed by atoms with E-state index in [1.807, 2.05) is 24.3 Å². The molecule has 2 aliphatic rings. The molecule has 1 atom stereocenters. The average molecular weight is 526 g/mol. The fourth-order valence-electron chi connectivity index (χ4n) is 5.59. The van der Waals surface area contributed by atoms with Crippen molar-refractivity contribution in [2.24, 2.45) is 5.92 Å². The van der Waals surface area contributed by atoms with Gasteiger partial charge in [-0.2, -0.15) is 0 Å². The van der Waals surface area contributed by atoms with E-state index in [2.05, 4.69) is 4.98 Å². The molecule has 1 unspecified atom stereocenters. The second-order valence-corrected chi connectivity index (χ2v) is 10.2. The minimum Gasteiger partial charge on any atom is -0.436 e. The minimum absolute atomic E-state index is 0.0919. The third-order valence-corrected chi connectivity index (χ3v) is 7.67.